The topological polar surface area (TPSA) is 38.9 Å². The fourth-order valence-corrected chi connectivity index (χ4v) is 1.34. The molecule has 0 atom stereocenters. The molecule has 0 spiro atoms. The molecule has 2 aromatic heterocycles. The first-order valence-corrected chi connectivity index (χ1v) is 4.11. The summed E-state index contributed by atoms with van der Waals surface area (Å²) in [6, 6.07) is 3.86. The highest BCUT2D eigenvalue weighted by molar-refractivity contribution is 5.61. The van der Waals surface area contributed by atoms with Gasteiger partial charge >= 0.3 is 0 Å². The molecule has 0 fully saturated rings. The van der Waals surface area contributed by atoms with E-state index in [1.165, 1.54) is 6.33 Å². The third kappa shape index (κ3) is 1.45. The lowest BCUT2D eigenvalue weighted by Crippen LogP contribution is -1.82. The van der Waals surface area contributed by atoms with Crippen LogP contribution in [0.5, 0.6) is 0 Å². The number of furan rings is 1. The molecule has 0 bridgehead atoms. The van der Waals surface area contributed by atoms with Crippen LogP contribution >= 0.6 is 0 Å². The quantitative estimate of drug-likeness (QED) is 0.666. The second kappa shape index (κ2) is 3.01. The molecule has 0 unspecified atom stereocenters. The van der Waals surface area contributed by atoms with E-state index in [-0.39, 0.29) is 0 Å². The number of hydrogen-bond donors (Lipinski definition) is 0. The molecule has 2 heterocycles. The molecular formula is C10H10N2O. The summed E-state index contributed by atoms with van der Waals surface area (Å²) in [7, 11) is 0. The normalized spacial score (nSPS) is 10.3. The highest BCUT2D eigenvalue weighted by atomic mass is 16.3. The molecule has 2 aromatic rings. The Kier molecular flexibility index (Phi) is 1.85. The van der Waals surface area contributed by atoms with Crippen LogP contribution in [-0.4, -0.2) is 9.97 Å². The zero-order chi connectivity index (χ0) is 9.26. The number of rotatable bonds is 1. The van der Waals surface area contributed by atoms with Gasteiger partial charge in [-0.05, 0) is 26.0 Å². The van der Waals surface area contributed by atoms with Gasteiger partial charge in [0.05, 0.1) is 5.69 Å². The smallest absolute Gasteiger partial charge is 0.116 e. The standard InChI is InChI=1S/C10H10N2O/c1-7-5-9(8(2)13-7)10-3-4-11-6-12-10/h3-6H,1-2H3. The van der Waals surface area contributed by atoms with E-state index in [0.29, 0.717) is 0 Å². The molecule has 0 saturated heterocycles. The summed E-state index contributed by atoms with van der Waals surface area (Å²) >= 11 is 0. The lowest BCUT2D eigenvalue weighted by Gasteiger charge is -1.94. The van der Waals surface area contributed by atoms with Gasteiger partial charge in [0.1, 0.15) is 17.8 Å². The largest absolute Gasteiger partial charge is 0.466 e. The summed E-state index contributed by atoms with van der Waals surface area (Å²) in [4.78, 5) is 8.02. The van der Waals surface area contributed by atoms with Crippen LogP contribution in [0.15, 0.2) is 29.1 Å². The van der Waals surface area contributed by atoms with Gasteiger partial charge in [0, 0.05) is 11.8 Å². The van der Waals surface area contributed by atoms with Gasteiger partial charge in [0.2, 0.25) is 0 Å². The van der Waals surface area contributed by atoms with Gasteiger partial charge in [0.25, 0.3) is 0 Å². The van der Waals surface area contributed by atoms with E-state index in [9.17, 15) is 0 Å². The van der Waals surface area contributed by atoms with Crippen LogP contribution in [-0.2, 0) is 0 Å². The van der Waals surface area contributed by atoms with Gasteiger partial charge in [0.15, 0.2) is 0 Å². The highest BCUT2D eigenvalue weighted by Gasteiger charge is 2.07. The van der Waals surface area contributed by atoms with Crippen LogP contribution in [0.2, 0.25) is 0 Å². The predicted molar refractivity (Wildman–Crippen MR) is 49.2 cm³/mol. The maximum Gasteiger partial charge on any atom is 0.116 e. The lowest BCUT2D eigenvalue weighted by atomic mass is 10.2. The summed E-state index contributed by atoms with van der Waals surface area (Å²) < 4.78 is 5.41. The third-order valence-electron chi connectivity index (χ3n) is 1.90. The Morgan fingerprint density at radius 3 is 2.69 bits per heavy atom. The highest BCUT2D eigenvalue weighted by Crippen LogP contribution is 2.23. The summed E-state index contributed by atoms with van der Waals surface area (Å²) in [5.74, 6) is 1.81. The maximum atomic E-state index is 5.41. The van der Waals surface area contributed by atoms with Crippen molar-refractivity contribution in [1.82, 2.24) is 9.97 Å². The van der Waals surface area contributed by atoms with Gasteiger partial charge < -0.3 is 4.42 Å². The molecule has 0 N–H and O–H groups in total. The second-order valence-electron chi connectivity index (χ2n) is 2.92. The summed E-state index contributed by atoms with van der Waals surface area (Å²) in [6.45, 7) is 3.86. The number of nitrogens with zero attached hydrogens (tertiary/aromatic N) is 2. The van der Waals surface area contributed by atoms with Crippen molar-refractivity contribution in [3.05, 3.63) is 36.2 Å². The minimum absolute atomic E-state index is 0.899. The molecular weight excluding hydrogens is 164 g/mol. The molecule has 3 heteroatoms. The molecule has 0 aliphatic carbocycles. The molecule has 66 valence electrons. The Bertz CT molecular complexity index is 406. The van der Waals surface area contributed by atoms with Crippen LogP contribution in [0, 0.1) is 13.8 Å². The Morgan fingerprint density at radius 2 is 2.15 bits per heavy atom. The van der Waals surface area contributed by atoms with Gasteiger partial charge in [-0.2, -0.15) is 0 Å². The van der Waals surface area contributed by atoms with Gasteiger partial charge in [-0.25, -0.2) is 9.97 Å². The summed E-state index contributed by atoms with van der Waals surface area (Å²) in [5, 5.41) is 0. The Morgan fingerprint density at radius 1 is 1.31 bits per heavy atom. The van der Waals surface area contributed by atoms with Crippen LogP contribution < -0.4 is 0 Å². The van der Waals surface area contributed by atoms with Crippen molar-refractivity contribution in [2.45, 2.75) is 13.8 Å². The SMILES string of the molecule is Cc1cc(-c2ccncn2)c(C)o1. The average molecular weight is 174 g/mol. The number of aryl methyl sites for hydroxylation is 2. The van der Waals surface area contributed by atoms with Gasteiger partial charge in [-0.1, -0.05) is 0 Å². The first kappa shape index (κ1) is 7.98. The van der Waals surface area contributed by atoms with E-state index >= 15 is 0 Å². The zero-order valence-corrected chi connectivity index (χ0v) is 7.61. The molecule has 0 amide bonds. The Labute approximate surface area is 76.5 Å². The van der Waals surface area contributed by atoms with Crippen molar-refractivity contribution in [2.24, 2.45) is 0 Å². The van der Waals surface area contributed by atoms with Crippen LogP contribution in [0.3, 0.4) is 0 Å². The summed E-state index contributed by atoms with van der Waals surface area (Å²) in [6.07, 6.45) is 3.27. The van der Waals surface area contributed by atoms with Crippen molar-refractivity contribution in [3.8, 4) is 11.3 Å². The fourth-order valence-electron chi connectivity index (χ4n) is 1.34. The first-order chi connectivity index (χ1) is 6.27. The molecule has 0 aliphatic rings. The summed E-state index contributed by atoms with van der Waals surface area (Å²) in [5.41, 5.74) is 1.95. The monoisotopic (exact) mass is 174 g/mol. The van der Waals surface area contributed by atoms with Crippen LogP contribution in [0.1, 0.15) is 11.5 Å². The van der Waals surface area contributed by atoms with E-state index in [0.717, 1.165) is 22.8 Å². The maximum absolute atomic E-state index is 5.41. The minimum Gasteiger partial charge on any atom is -0.466 e. The van der Waals surface area contributed by atoms with E-state index in [4.69, 9.17) is 4.42 Å². The van der Waals surface area contributed by atoms with E-state index < -0.39 is 0 Å². The number of hydrogen-bond acceptors (Lipinski definition) is 3. The van der Waals surface area contributed by atoms with E-state index in [2.05, 4.69) is 9.97 Å². The zero-order valence-electron chi connectivity index (χ0n) is 7.61. The molecule has 0 saturated carbocycles. The van der Waals surface area contributed by atoms with Crippen LogP contribution in [0.25, 0.3) is 11.3 Å². The second-order valence-corrected chi connectivity index (χ2v) is 2.92. The number of aromatic nitrogens is 2. The van der Waals surface area contributed by atoms with Gasteiger partial charge in [-0.15, -0.1) is 0 Å². The van der Waals surface area contributed by atoms with Crippen molar-refractivity contribution in [3.63, 3.8) is 0 Å². The first-order valence-electron chi connectivity index (χ1n) is 4.11. The third-order valence-corrected chi connectivity index (χ3v) is 1.90. The predicted octanol–water partition coefficient (Wildman–Crippen LogP) is 2.35. The molecule has 3 nitrogen and oxygen atoms in total. The molecule has 0 aliphatic heterocycles. The molecule has 0 aromatic carbocycles. The lowest BCUT2D eigenvalue weighted by molar-refractivity contribution is 0.505. The van der Waals surface area contributed by atoms with Crippen molar-refractivity contribution >= 4 is 0 Å². The Hall–Kier alpha value is -1.64. The van der Waals surface area contributed by atoms with Crippen molar-refractivity contribution in [1.29, 1.82) is 0 Å². The molecule has 13 heavy (non-hydrogen) atoms. The molecule has 0 radical (unpaired) electrons. The van der Waals surface area contributed by atoms with Crippen molar-refractivity contribution in [2.75, 3.05) is 0 Å². The Balaban J connectivity index is 2.53. The van der Waals surface area contributed by atoms with E-state index in [1.54, 1.807) is 6.20 Å². The minimum atomic E-state index is 0.899. The van der Waals surface area contributed by atoms with Gasteiger partial charge in [-0.3, -0.25) is 0 Å². The molecule has 2 rings (SSSR count). The van der Waals surface area contributed by atoms with Crippen molar-refractivity contribution < 1.29 is 4.42 Å². The average Bonchev–Trinajstić information content (AvgIpc) is 2.47. The van der Waals surface area contributed by atoms with Crippen LogP contribution in [0.4, 0.5) is 0 Å². The van der Waals surface area contributed by atoms with E-state index in [1.807, 2.05) is 26.0 Å². The fraction of sp³-hybridized carbons (Fsp3) is 0.200.